The molecule has 6 heteroatoms. The Bertz CT molecular complexity index is 622. The van der Waals surface area contributed by atoms with E-state index >= 15 is 0 Å². The lowest BCUT2D eigenvalue weighted by Gasteiger charge is -2.29. The van der Waals surface area contributed by atoms with Gasteiger partial charge in [-0.05, 0) is 17.5 Å². The van der Waals surface area contributed by atoms with E-state index in [0.717, 1.165) is 11.1 Å². The van der Waals surface area contributed by atoms with Gasteiger partial charge in [-0.3, -0.25) is 14.5 Å². The zero-order valence-electron chi connectivity index (χ0n) is 13.7. The number of carboxylic acids is 2. The van der Waals surface area contributed by atoms with Crippen LogP contribution in [0.3, 0.4) is 0 Å². The van der Waals surface area contributed by atoms with Crippen molar-refractivity contribution in [2.24, 2.45) is 0 Å². The summed E-state index contributed by atoms with van der Waals surface area (Å²) in [7, 11) is 0. The fraction of sp³-hybridized carbons (Fsp3) is 0.263. The quantitative estimate of drug-likeness (QED) is 0.713. The van der Waals surface area contributed by atoms with Crippen LogP contribution in [-0.4, -0.2) is 33.1 Å². The number of rotatable bonds is 9. The van der Waals surface area contributed by atoms with E-state index in [0.29, 0.717) is 13.1 Å². The van der Waals surface area contributed by atoms with E-state index in [4.69, 9.17) is 5.11 Å². The highest BCUT2D eigenvalue weighted by molar-refractivity contribution is 5.85. The van der Waals surface area contributed by atoms with Gasteiger partial charge < -0.3 is 10.2 Å². The molecule has 0 aliphatic carbocycles. The number of hydrogen-bond acceptors (Lipinski definition) is 3. The van der Waals surface area contributed by atoms with Crippen molar-refractivity contribution in [3.63, 3.8) is 0 Å². The number of nitrogens with zero attached hydrogens (tertiary/aromatic N) is 1. The summed E-state index contributed by atoms with van der Waals surface area (Å²) in [5.74, 6) is -1.98. The molecule has 0 aliphatic rings. The number of aliphatic carboxylic acids is 2. The zero-order valence-corrected chi connectivity index (χ0v) is 14.6. The van der Waals surface area contributed by atoms with Crippen molar-refractivity contribution in [2.45, 2.75) is 32.0 Å². The Hall–Kier alpha value is -2.37. The van der Waals surface area contributed by atoms with Crippen LogP contribution < -0.4 is 0 Å². The highest BCUT2D eigenvalue weighted by atomic mass is 35.5. The number of carboxylic acid groups (broad SMARTS) is 2. The third kappa shape index (κ3) is 6.95. The maximum atomic E-state index is 11.7. The minimum absolute atomic E-state index is 0. The second-order valence-electron chi connectivity index (χ2n) is 5.66. The second kappa shape index (κ2) is 10.5. The predicted molar refractivity (Wildman–Crippen MR) is 97.7 cm³/mol. The van der Waals surface area contributed by atoms with Crippen LogP contribution in [0.1, 0.15) is 24.0 Å². The van der Waals surface area contributed by atoms with Gasteiger partial charge in [-0.2, -0.15) is 0 Å². The van der Waals surface area contributed by atoms with Crippen LogP contribution in [0.25, 0.3) is 0 Å². The van der Waals surface area contributed by atoms with E-state index in [1.165, 1.54) is 0 Å². The Morgan fingerprint density at radius 3 is 1.64 bits per heavy atom. The largest absolute Gasteiger partial charge is 0.481 e. The van der Waals surface area contributed by atoms with Crippen molar-refractivity contribution in [1.82, 2.24) is 4.90 Å². The monoisotopic (exact) mass is 363 g/mol. The molecule has 2 rings (SSSR count). The normalized spacial score (nSPS) is 11.6. The first-order valence-corrected chi connectivity index (χ1v) is 7.83. The molecule has 25 heavy (non-hydrogen) atoms. The molecule has 0 bridgehead atoms. The van der Waals surface area contributed by atoms with Crippen molar-refractivity contribution >= 4 is 24.3 Å². The molecule has 0 radical (unpaired) electrons. The fourth-order valence-corrected chi connectivity index (χ4v) is 2.63. The van der Waals surface area contributed by atoms with Crippen molar-refractivity contribution in [3.05, 3.63) is 71.8 Å². The molecule has 0 saturated carbocycles. The SMILES string of the molecule is Cl.O=C(O)CCC(C(=O)O)N(Cc1ccccc1)Cc1ccccc1. The molecule has 1 unspecified atom stereocenters. The van der Waals surface area contributed by atoms with Gasteiger partial charge in [-0.15, -0.1) is 12.4 Å². The Balaban J connectivity index is 0.00000312. The number of halogens is 1. The lowest BCUT2D eigenvalue weighted by Crippen LogP contribution is -2.40. The molecule has 0 saturated heterocycles. The summed E-state index contributed by atoms with van der Waals surface area (Å²) in [6.07, 6.45) is -0.0959. The molecular weight excluding hydrogens is 342 g/mol. The van der Waals surface area contributed by atoms with Gasteiger partial charge in [-0.1, -0.05) is 60.7 Å². The molecule has 0 aliphatic heterocycles. The summed E-state index contributed by atoms with van der Waals surface area (Å²) >= 11 is 0. The summed E-state index contributed by atoms with van der Waals surface area (Å²) < 4.78 is 0. The third-order valence-corrected chi connectivity index (χ3v) is 3.81. The summed E-state index contributed by atoms with van der Waals surface area (Å²) in [5, 5.41) is 18.5. The second-order valence-corrected chi connectivity index (χ2v) is 5.66. The van der Waals surface area contributed by atoms with Gasteiger partial charge in [0.15, 0.2) is 0 Å². The fourth-order valence-electron chi connectivity index (χ4n) is 2.63. The average molecular weight is 364 g/mol. The molecule has 0 amide bonds. The summed E-state index contributed by atoms with van der Waals surface area (Å²) in [6, 6.07) is 18.3. The summed E-state index contributed by atoms with van der Waals surface area (Å²) in [4.78, 5) is 24.4. The molecule has 2 N–H and O–H groups in total. The van der Waals surface area contributed by atoms with Crippen molar-refractivity contribution in [3.8, 4) is 0 Å². The predicted octanol–water partition coefficient (Wildman–Crippen LogP) is 3.43. The van der Waals surface area contributed by atoms with Crippen molar-refractivity contribution in [1.29, 1.82) is 0 Å². The number of benzene rings is 2. The Morgan fingerprint density at radius 1 is 0.840 bits per heavy atom. The minimum atomic E-state index is -0.997. The lowest BCUT2D eigenvalue weighted by atomic mass is 10.1. The van der Waals surface area contributed by atoms with E-state index in [2.05, 4.69) is 0 Å². The van der Waals surface area contributed by atoms with Gasteiger partial charge in [0, 0.05) is 19.5 Å². The van der Waals surface area contributed by atoms with Gasteiger partial charge >= 0.3 is 11.9 Å². The first kappa shape index (κ1) is 20.7. The third-order valence-electron chi connectivity index (χ3n) is 3.81. The van der Waals surface area contributed by atoms with Crippen LogP contribution in [0.4, 0.5) is 0 Å². The van der Waals surface area contributed by atoms with Crippen LogP contribution in [0.2, 0.25) is 0 Å². The maximum Gasteiger partial charge on any atom is 0.320 e. The van der Waals surface area contributed by atoms with Gasteiger partial charge in [0.1, 0.15) is 6.04 Å². The molecule has 134 valence electrons. The Labute approximate surface area is 153 Å². The van der Waals surface area contributed by atoms with Crippen LogP contribution in [-0.2, 0) is 22.7 Å². The molecule has 2 aromatic rings. The average Bonchev–Trinajstić information content (AvgIpc) is 2.56. The molecule has 1 atom stereocenters. The van der Waals surface area contributed by atoms with Gasteiger partial charge in [-0.25, -0.2) is 0 Å². The van der Waals surface area contributed by atoms with Gasteiger partial charge in [0.25, 0.3) is 0 Å². The van der Waals surface area contributed by atoms with Gasteiger partial charge in [0.05, 0.1) is 0 Å². The van der Waals surface area contributed by atoms with Gasteiger partial charge in [0.2, 0.25) is 0 Å². The molecule has 5 nitrogen and oxygen atoms in total. The van der Waals surface area contributed by atoms with Crippen LogP contribution >= 0.6 is 12.4 Å². The first-order chi connectivity index (χ1) is 11.6. The number of carbonyl (C=O) groups is 2. The van der Waals surface area contributed by atoms with E-state index < -0.39 is 18.0 Å². The Kier molecular flexibility index (Phi) is 8.67. The zero-order chi connectivity index (χ0) is 17.4. The van der Waals surface area contributed by atoms with E-state index in [-0.39, 0.29) is 25.2 Å². The standard InChI is InChI=1S/C19H21NO4.ClH/c21-18(22)12-11-17(19(23)24)20(13-15-7-3-1-4-8-15)14-16-9-5-2-6-10-16;/h1-10,17H,11-14H2,(H,21,22)(H,23,24);1H. The molecule has 0 heterocycles. The van der Waals surface area contributed by atoms with E-state index in [1.807, 2.05) is 65.6 Å². The van der Waals surface area contributed by atoms with Crippen LogP contribution in [0.5, 0.6) is 0 Å². The van der Waals surface area contributed by atoms with Crippen LogP contribution in [0.15, 0.2) is 60.7 Å². The van der Waals surface area contributed by atoms with E-state index in [9.17, 15) is 14.7 Å². The molecule has 0 spiro atoms. The lowest BCUT2D eigenvalue weighted by molar-refractivity contribution is -0.145. The van der Waals surface area contributed by atoms with Crippen molar-refractivity contribution < 1.29 is 19.8 Å². The number of hydrogen-bond donors (Lipinski definition) is 2. The highest BCUT2D eigenvalue weighted by Crippen LogP contribution is 2.17. The Morgan fingerprint density at radius 2 is 1.28 bits per heavy atom. The van der Waals surface area contributed by atoms with E-state index in [1.54, 1.807) is 0 Å². The first-order valence-electron chi connectivity index (χ1n) is 7.83. The topological polar surface area (TPSA) is 77.8 Å². The minimum Gasteiger partial charge on any atom is -0.481 e. The highest BCUT2D eigenvalue weighted by Gasteiger charge is 2.26. The smallest absolute Gasteiger partial charge is 0.320 e. The summed E-state index contributed by atoms with van der Waals surface area (Å²) in [5.41, 5.74) is 1.99. The molecular formula is C19H22ClNO4. The summed E-state index contributed by atoms with van der Waals surface area (Å²) in [6.45, 7) is 0.901. The van der Waals surface area contributed by atoms with Crippen LogP contribution in [0, 0.1) is 0 Å². The maximum absolute atomic E-state index is 11.7. The van der Waals surface area contributed by atoms with Crippen molar-refractivity contribution in [2.75, 3.05) is 0 Å². The molecule has 0 aromatic heterocycles. The molecule has 2 aromatic carbocycles. The molecule has 0 fully saturated rings.